The first-order chi connectivity index (χ1) is 11.3. The molecule has 2 rings (SSSR count). The Balaban J connectivity index is 2.32. The number of carboxylic acid groups (broad SMARTS) is 1. The highest BCUT2D eigenvalue weighted by atomic mass is 16.5. The number of ketones is 1. The SMILES string of the molecule is CCc1c(C(=O)NC2(CC(=O)O)CCOCC2)[nH]c(C)c1C(C)=O. The maximum atomic E-state index is 12.8. The zero-order chi connectivity index (χ0) is 17.9. The molecule has 0 radical (unpaired) electrons. The molecule has 1 aromatic heterocycles. The number of nitrogens with one attached hydrogen (secondary N) is 2. The molecule has 0 aromatic carbocycles. The number of aryl methyl sites for hydroxylation is 1. The predicted molar refractivity (Wildman–Crippen MR) is 87.4 cm³/mol. The van der Waals surface area contributed by atoms with Crippen LogP contribution in [0.3, 0.4) is 0 Å². The third-order valence-corrected chi connectivity index (χ3v) is 4.54. The van der Waals surface area contributed by atoms with E-state index in [2.05, 4.69) is 10.3 Å². The Morgan fingerprint density at radius 1 is 1.29 bits per heavy atom. The maximum absolute atomic E-state index is 12.8. The summed E-state index contributed by atoms with van der Waals surface area (Å²) < 4.78 is 5.30. The molecule has 1 saturated heterocycles. The van der Waals surface area contributed by atoms with Crippen LogP contribution in [0, 0.1) is 6.92 Å². The molecule has 0 saturated carbocycles. The zero-order valence-electron chi connectivity index (χ0n) is 14.3. The van der Waals surface area contributed by atoms with Gasteiger partial charge in [0.15, 0.2) is 5.78 Å². The lowest BCUT2D eigenvalue weighted by molar-refractivity contribution is -0.139. The summed E-state index contributed by atoms with van der Waals surface area (Å²) in [5, 5.41) is 12.1. The van der Waals surface area contributed by atoms with E-state index in [0.717, 1.165) is 0 Å². The summed E-state index contributed by atoms with van der Waals surface area (Å²) in [6.45, 7) is 5.94. The Kier molecular flexibility index (Phi) is 5.43. The van der Waals surface area contributed by atoms with Crippen LogP contribution in [-0.2, 0) is 16.0 Å². The lowest BCUT2D eigenvalue weighted by Crippen LogP contribution is -2.53. The quantitative estimate of drug-likeness (QED) is 0.687. The Labute approximate surface area is 140 Å². The van der Waals surface area contributed by atoms with Crippen molar-refractivity contribution < 1.29 is 24.2 Å². The van der Waals surface area contributed by atoms with Gasteiger partial charge in [-0.25, -0.2) is 0 Å². The van der Waals surface area contributed by atoms with Crippen molar-refractivity contribution in [3.63, 3.8) is 0 Å². The molecule has 1 aliphatic heterocycles. The minimum atomic E-state index is -0.958. The number of carboxylic acids is 1. The molecule has 7 nitrogen and oxygen atoms in total. The number of ether oxygens (including phenoxy) is 1. The normalized spacial score (nSPS) is 16.6. The molecule has 0 unspecified atom stereocenters. The summed E-state index contributed by atoms with van der Waals surface area (Å²) in [7, 11) is 0. The molecule has 2 heterocycles. The highest BCUT2D eigenvalue weighted by Crippen LogP contribution is 2.27. The molecule has 7 heteroatoms. The van der Waals surface area contributed by atoms with Gasteiger partial charge in [0.05, 0.1) is 12.0 Å². The number of carbonyl (C=O) groups is 3. The molecule has 0 atom stereocenters. The summed E-state index contributed by atoms with van der Waals surface area (Å²) in [4.78, 5) is 38.8. The number of hydrogen-bond acceptors (Lipinski definition) is 4. The number of rotatable bonds is 6. The van der Waals surface area contributed by atoms with Crippen molar-refractivity contribution in [1.29, 1.82) is 0 Å². The lowest BCUT2D eigenvalue weighted by atomic mass is 9.86. The van der Waals surface area contributed by atoms with Gasteiger partial charge in [-0.2, -0.15) is 0 Å². The van der Waals surface area contributed by atoms with Gasteiger partial charge < -0.3 is 20.1 Å². The van der Waals surface area contributed by atoms with Crippen LogP contribution in [-0.4, -0.2) is 46.5 Å². The number of aromatic amines is 1. The van der Waals surface area contributed by atoms with Crippen LogP contribution in [0.5, 0.6) is 0 Å². The van der Waals surface area contributed by atoms with E-state index in [4.69, 9.17) is 4.74 Å². The van der Waals surface area contributed by atoms with Gasteiger partial charge in [-0.15, -0.1) is 0 Å². The van der Waals surface area contributed by atoms with Gasteiger partial charge in [0.2, 0.25) is 0 Å². The van der Waals surface area contributed by atoms with Crippen LogP contribution < -0.4 is 5.32 Å². The van der Waals surface area contributed by atoms with E-state index in [1.165, 1.54) is 6.92 Å². The Hall–Kier alpha value is -2.15. The highest BCUT2D eigenvalue weighted by molar-refractivity contribution is 6.03. The average Bonchev–Trinajstić information content (AvgIpc) is 2.84. The van der Waals surface area contributed by atoms with Gasteiger partial charge in [-0.3, -0.25) is 14.4 Å². The van der Waals surface area contributed by atoms with Crippen molar-refractivity contribution in [3.05, 3.63) is 22.5 Å². The first-order valence-electron chi connectivity index (χ1n) is 8.14. The van der Waals surface area contributed by atoms with Gasteiger partial charge in [0.25, 0.3) is 5.91 Å². The fraction of sp³-hybridized carbons (Fsp3) is 0.588. The average molecular weight is 336 g/mol. The van der Waals surface area contributed by atoms with E-state index < -0.39 is 11.5 Å². The van der Waals surface area contributed by atoms with Gasteiger partial charge in [-0.05, 0) is 38.7 Å². The summed E-state index contributed by atoms with van der Waals surface area (Å²) in [6, 6.07) is 0. The van der Waals surface area contributed by atoms with Crippen LogP contribution in [0.1, 0.15) is 65.2 Å². The monoisotopic (exact) mass is 336 g/mol. The van der Waals surface area contributed by atoms with Crippen molar-refractivity contribution in [1.82, 2.24) is 10.3 Å². The largest absolute Gasteiger partial charge is 0.481 e. The Morgan fingerprint density at radius 3 is 2.42 bits per heavy atom. The van der Waals surface area contributed by atoms with E-state index in [1.54, 1.807) is 6.92 Å². The van der Waals surface area contributed by atoms with Gasteiger partial charge in [0.1, 0.15) is 5.69 Å². The number of amides is 1. The maximum Gasteiger partial charge on any atom is 0.305 e. The molecule has 0 bridgehead atoms. The zero-order valence-corrected chi connectivity index (χ0v) is 14.3. The standard InChI is InChI=1S/C17H24N2O5/c1-4-12-14(11(3)20)10(2)18-15(12)16(23)19-17(9-13(21)22)5-7-24-8-6-17/h18H,4-9H2,1-3H3,(H,19,23)(H,21,22). The smallest absolute Gasteiger partial charge is 0.305 e. The molecule has 1 aromatic rings. The minimum absolute atomic E-state index is 0.0917. The molecule has 1 aliphatic rings. The number of Topliss-reactive ketones (excluding diaryl/α,β-unsaturated/α-hetero) is 1. The first kappa shape index (κ1) is 18.2. The topological polar surface area (TPSA) is 108 Å². The minimum Gasteiger partial charge on any atom is -0.481 e. The molecule has 0 spiro atoms. The van der Waals surface area contributed by atoms with Crippen LogP contribution in [0.25, 0.3) is 0 Å². The summed E-state index contributed by atoms with van der Waals surface area (Å²) >= 11 is 0. The third-order valence-electron chi connectivity index (χ3n) is 4.54. The number of hydrogen-bond donors (Lipinski definition) is 3. The second-order valence-electron chi connectivity index (χ2n) is 6.31. The van der Waals surface area contributed by atoms with Crippen molar-refractivity contribution in [2.75, 3.05) is 13.2 Å². The van der Waals surface area contributed by atoms with Crippen molar-refractivity contribution >= 4 is 17.7 Å². The van der Waals surface area contributed by atoms with Gasteiger partial charge >= 0.3 is 5.97 Å². The van der Waals surface area contributed by atoms with E-state index in [-0.39, 0.29) is 18.1 Å². The molecule has 132 valence electrons. The highest BCUT2D eigenvalue weighted by Gasteiger charge is 2.37. The van der Waals surface area contributed by atoms with E-state index in [0.29, 0.717) is 55.0 Å². The van der Waals surface area contributed by atoms with Gasteiger partial charge in [0, 0.05) is 24.5 Å². The lowest BCUT2D eigenvalue weighted by Gasteiger charge is -2.36. The number of H-pyrrole nitrogens is 1. The van der Waals surface area contributed by atoms with Crippen LogP contribution >= 0.6 is 0 Å². The van der Waals surface area contributed by atoms with Crippen LogP contribution in [0.4, 0.5) is 0 Å². The van der Waals surface area contributed by atoms with Crippen LogP contribution in [0.2, 0.25) is 0 Å². The molecular weight excluding hydrogens is 312 g/mol. The summed E-state index contributed by atoms with van der Waals surface area (Å²) in [5.41, 5.74) is 1.40. The van der Waals surface area contributed by atoms with Crippen molar-refractivity contribution in [2.45, 2.75) is 52.0 Å². The van der Waals surface area contributed by atoms with Crippen molar-refractivity contribution in [2.24, 2.45) is 0 Å². The van der Waals surface area contributed by atoms with Crippen LogP contribution in [0.15, 0.2) is 0 Å². The first-order valence-corrected chi connectivity index (χ1v) is 8.14. The second-order valence-corrected chi connectivity index (χ2v) is 6.31. The molecule has 1 fully saturated rings. The number of aliphatic carboxylic acids is 1. The van der Waals surface area contributed by atoms with E-state index in [1.807, 2.05) is 6.92 Å². The number of carbonyl (C=O) groups excluding carboxylic acids is 2. The predicted octanol–water partition coefficient (Wildman–Crippen LogP) is 1.84. The van der Waals surface area contributed by atoms with Crippen molar-refractivity contribution in [3.8, 4) is 0 Å². The molecule has 1 amide bonds. The summed E-state index contributed by atoms with van der Waals surface area (Å²) in [6.07, 6.45) is 1.29. The Bertz CT molecular complexity index is 656. The number of aromatic nitrogens is 1. The third kappa shape index (κ3) is 3.67. The fourth-order valence-electron chi connectivity index (χ4n) is 3.40. The fourth-order valence-corrected chi connectivity index (χ4v) is 3.40. The molecule has 24 heavy (non-hydrogen) atoms. The second kappa shape index (κ2) is 7.17. The van der Waals surface area contributed by atoms with Gasteiger partial charge in [-0.1, -0.05) is 6.92 Å². The molecule has 3 N–H and O–H groups in total. The molecule has 0 aliphatic carbocycles. The van der Waals surface area contributed by atoms with E-state index >= 15 is 0 Å². The molecular formula is C17H24N2O5. The Morgan fingerprint density at radius 2 is 1.92 bits per heavy atom. The van der Waals surface area contributed by atoms with E-state index in [9.17, 15) is 19.5 Å². The summed E-state index contributed by atoms with van der Waals surface area (Å²) in [5.74, 6) is -1.42.